The van der Waals surface area contributed by atoms with Crippen LogP contribution in [0, 0.1) is 0 Å². The maximum absolute atomic E-state index is 10.9. The number of rotatable bonds is 8. The van der Waals surface area contributed by atoms with Gasteiger partial charge in [-0.05, 0) is 5.56 Å². The highest BCUT2D eigenvalue weighted by Crippen LogP contribution is 2.13. The summed E-state index contributed by atoms with van der Waals surface area (Å²) in [5.41, 5.74) is 1.14. The van der Waals surface area contributed by atoms with Gasteiger partial charge < -0.3 is 25.2 Å². The SMILES string of the molecule is O=C(O)c1cnc(N2CCOC(CNC(/C=C/c3ccccc3)CO)C2)nc1. The number of benzene rings is 1. The quantitative estimate of drug-likeness (QED) is 0.620. The number of morpholine rings is 1. The van der Waals surface area contributed by atoms with Crippen LogP contribution in [0.3, 0.4) is 0 Å². The molecule has 1 aliphatic rings. The van der Waals surface area contributed by atoms with Gasteiger partial charge in [0.1, 0.15) is 0 Å². The highest BCUT2D eigenvalue weighted by atomic mass is 16.5. The first kappa shape index (κ1) is 19.9. The van der Waals surface area contributed by atoms with Crippen molar-refractivity contribution >= 4 is 18.0 Å². The highest BCUT2D eigenvalue weighted by Gasteiger charge is 2.23. The lowest BCUT2D eigenvalue weighted by molar-refractivity contribution is 0.0383. The number of hydrogen-bond acceptors (Lipinski definition) is 7. The van der Waals surface area contributed by atoms with E-state index in [1.165, 1.54) is 12.4 Å². The Kier molecular flexibility index (Phi) is 7.07. The van der Waals surface area contributed by atoms with Crippen LogP contribution in [0.2, 0.25) is 0 Å². The average Bonchev–Trinajstić information content (AvgIpc) is 2.75. The minimum atomic E-state index is -1.05. The fourth-order valence-corrected chi connectivity index (χ4v) is 2.89. The van der Waals surface area contributed by atoms with E-state index in [0.717, 1.165) is 5.56 Å². The molecule has 2 atom stereocenters. The van der Waals surface area contributed by atoms with Crippen molar-refractivity contribution < 1.29 is 19.7 Å². The van der Waals surface area contributed by atoms with Crippen molar-refractivity contribution in [2.75, 3.05) is 37.7 Å². The molecule has 3 N–H and O–H groups in total. The molecule has 2 aromatic rings. The summed E-state index contributed by atoms with van der Waals surface area (Å²) in [6, 6.07) is 9.73. The molecular weight excluding hydrogens is 360 g/mol. The molecule has 0 radical (unpaired) electrons. The predicted octanol–water partition coefficient (Wildman–Crippen LogP) is 1.04. The molecule has 1 aliphatic heterocycles. The Morgan fingerprint density at radius 3 is 2.75 bits per heavy atom. The Balaban J connectivity index is 1.52. The minimum absolute atomic E-state index is 0.0144. The number of nitrogens with one attached hydrogen (secondary N) is 1. The van der Waals surface area contributed by atoms with Gasteiger partial charge in [-0.1, -0.05) is 42.5 Å². The van der Waals surface area contributed by atoms with Gasteiger partial charge in [0.2, 0.25) is 5.95 Å². The molecule has 2 heterocycles. The summed E-state index contributed by atoms with van der Waals surface area (Å²) in [5.74, 6) is -0.560. The maximum atomic E-state index is 10.9. The van der Waals surface area contributed by atoms with Gasteiger partial charge in [0.25, 0.3) is 0 Å². The van der Waals surface area contributed by atoms with E-state index in [0.29, 0.717) is 32.2 Å². The zero-order chi connectivity index (χ0) is 19.8. The minimum Gasteiger partial charge on any atom is -0.478 e. The van der Waals surface area contributed by atoms with Gasteiger partial charge in [-0.15, -0.1) is 0 Å². The molecule has 3 rings (SSSR count). The predicted molar refractivity (Wildman–Crippen MR) is 105 cm³/mol. The van der Waals surface area contributed by atoms with E-state index in [9.17, 15) is 9.90 Å². The summed E-state index contributed by atoms with van der Waals surface area (Å²) in [6.07, 6.45) is 6.44. The lowest BCUT2D eigenvalue weighted by Crippen LogP contribution is -2.49. The van der Waals surface area contributed by atoms with Crippen LogP contribution in [0.4, 0.5) is 5.95 Å². The van der Waals surface area contributed by atoms with Gasteiger partial charge in [-0.25, -0.2) is 14.8 Å². The number of anilines is 1. The summed E-state index contributed by atoms with van der Waals surface area (Å²) in [6.45, 7) is 2.30. The first-order valence-corrected chi connectivity index (χ1v) is 9.15. The normalized spacial score (nSPS) is 18.3. The molecular formula is C20H24N4O4. The standard InChI is InChI=1S/C20H24N4O4/c25-14-17(7-6-15-4-2-1-3-5-15)21-12-18-13-24(8-9-28-18)20-22-10-16(11-23-20)19(26)27/h1-7,10-11,17-18,21,25H,8-9,12-14H2,(H,26,27)/b7-6+. The molecule has 1 aromatic carbocycles. The van der Waals surface area contributed by atoms with Gasteiger partial charge in [0.15, 0.2) is 0 Å². The molecule has 1 saturated heterocycles. The number of aromatic nitrogens is 2. The zero-order valence-corrected chi connectivity index (χ0v) is 15.4. The number of aliphatic hydroxyl groups excluding tert-OH is 1. The number of carboxylic acids is 1. The van der Waals surface area contributed by atoms with Crippen LogP contribution in [0.5, 0.6) is 0 Å². The van der Waals surface area contributed by atoms with Crippen molar-refractivity contribution in [3.05, 3.63) is 59.9 Å². The first-order chi connectivity index (χ1) is 13.7. The fourth-order valence-electron chi connectivity index (χ4n) is 2.89. The van der Waals surface area contributed by atoms with Crippen molar-refractivity contribution in [3.63, 3.8) is 0 Å². The van der Waals surface area contributed by atoms with Crippen molar-refractivity contribution in [2.45, 2.75) is 12.1 Å². The van der Waals surface area contributed by atoms with Crippen LogP contribution in [0.15, 0.2) is 48.8 Å². The number of carbonyl (C=O) groups is 1. The number of nitrogens with zero attached hydrogens (tertiary/aromatic N) is 3. The topological polar surface area (TPSA) is 108 Å². The van der Waals surface area contributed by atoms with E-state index in [1.54, 1.807) is 0 Å². The smallest absolute Gasteiger partial charge is 0.338 e. The van der Waals surface area contributed by atoms with Crippen LogP contribution >= 0.6 is 0 Å². The van der Waals surface area contributed by atoms with Gasteiger partial charge in [0.05, 0.1) is 24.9 Å². The average molecular weight is 384 g/mol. The van der Waals surface area contributed by atoms with E-state index in [2.05, 4.69) is 15.3 Å². The molecule has 0 spiro atoms. The van der Waals surface area contributed by atoms with Crippen molar-refractivity contribution in [1.82, 2.24) is 15.3 Å². The second kappa shape index (κ2) is 9.93. The molecule has 0 amide bonds. The molecule has 148 valence electrons. The Hall–Kier alpha value is -2.81. The molecule has 2 unspecified atom stereocenters. The Morgan fingerprint density at radius 2 is 2.07 bits per heavy atom. The van der Waals surface area contributed by atoms with Crippen LogP contribution in [-0.2, 0) is 4.74 Å². The van der Waals surface area contributed by atoms with E-state index in [4.69, 9.17) is 9.84 Å². The lowest BCUT2D eigenvalue weighted by Gasteiger charge is -2.33. The second-order valence-electron chi connectivity index (χ2n) is 6.48. The Bertz CT molecular complexity index is 783. The Labute approximate surface area is 163 Å². The highest BCUT2D eigenvalue weighted by molar-refractivity contribution is 5.86. The van der Waals surface area contributed by atoms with Gasteiger partial charge in [-0.3, -0.25) is 0 Å². The van der Waals surface area contributed by atoms with Crippen molar-refractivity contribution in [2.24, 2.45) is 0 Å². The number of aliphatic hydroxyl groups is 1. The summed E-state index contributed by atoms with van der Waals surface area (Å²) in [7, 11) is 0. The zero-order valence-electron chi connectivity index (χ0n) is 15.4. The van der Waals surface area contributed by atoms with Crippen LogP contribution < -0.4 is 10.2 Å². The Morgan fingerprint density at radius 1 is 1.32 bits per heavy atom. The summed E-state index contributed by atoms with van der Waals surface area (Å²) in [4.78, 5) is 21.2. The van der Waals surface area contributed by atoms with Gasteiger partial charge >= 0.3 is 5.97 Å². The van der Waals surface area contributed by atoms with Gasteiger partial charge in [0, 0.05) is 38.1 Å². The molecule has 0 aliphatic carbocycles. The molecule has 8 heteroatoms. The molecule has 0 saturated carbocycles. The molecule has 28 heavy (non-hydrogen) atoms. The molecule has 1 aromatic heterocycles. The summed E-state index contributed by atoms with van der Waals surface area (Å²) < 4.78 is 5.79. The third-order valence-electron chi connectivity index (χ3n) is 4.43. The van der Waals surface area contributed by atoms with E-state index in [-0.39, 0.29) is 24.3 Å². The monoisotopic (exact) mass is 384 g/mol. The van der Waals surface area contributed by atoms with E-state index < -0.39 is 5.97 Å². The maximum Gasteiger partial charge on any atom is 0.338 e. The summed E-state index contributed by atoms with van der Waals surface area (Å²) >= 11 is 0. The van der Waals surface area contributed by atoms with Crippen LogP contribution in [-0.4, -0.2) is 71.1 Å². The van der Waals surface area contributed by atoms with E-state index >= 15 is 0 Å². The number of ether oxygens (including phenoxy) is 1. The van der Waals surface area contributed by atoms with Crippen LogP contribution in [0.25, 0.3) is 6.08 Å². The lowest BCUT2D eigenvalue weighted by atomic mass is 10.1. The molecule has 8 nitrogen and oxygen atoms in total. The van der Waals surface area contributed by atoms with Crippen LogP contribution in [0.1, 0.15) is 15.9 Å². The van der Waals surface area contributed by atoms with Crippen molar-refractivity contribution in [1.29, 1.82) is 0 Å². The molecule has 0 bridgehead atoms. The van der Waals surface area contributed by atoms with Gasteiger partial charge in [-0.2, -0.15) is 0 Å². The largest absolute Gasteiger partial charge is 0.478 e. The number of carboxylic acid groups (broad SMARTS) is 1. The third-order valence-corrected chi connectivity index (χ3v) is 4.43. The third kappa shape index (κ3) is 5.59. The summed E-state index contributed by atoms with van der Waals surface area (Å²) in [5, 5.41) is 21.8. The van der Waals surface area contributed by atoms with Crippen molar-refractivity contribution in [3.8, 4) is 0 Å². The fraction of sp³-hybridized carbons (Fsp3) is 0.350. The number of hydrogen-bond donors (Lipinski definition) is 3. The first-order valence-electron chi connectivity index (χ1n) is 9.15. The number of aromatic carboxylic acids is 1. The molecule has 1 fully saturated rings. The van der Waals surface area contributed by atoms with E-state index in [1.807, 2.05) is 47.4 Å². The second-order valence-corrected chi connectivity index (χ2v) is 6.48.